The molecule has 2 N–H and O–H groups in total. The number of rotatable bonds is 1. The van der Waals surface area contributed by atoms with Gasteiger partial charge in [0.05, 0.1) is 6.10 Å². The number of ketones is 1. The molecule has 124 valence electrons. The number of aliphatic hydroxyl groups excluding tert-OH is 2. The van der Waals surface area contributed by atoms with Crippen molar-refractivity contribution in [2.45, 2.75) is 71.3 Å². The Morgan fingerprint density at radius 2 is 1.82 bits per heavy atom. The number of fused-ring (bicyclic) bond motifs is 5. The first-order chi connectivity index (χ1) is 10.4. The summed E-state index contributed by atoms with van der Waals surface area (Å²) in [5, 5.41) is 20.8. The molecule has 0 bridgehead atoms. The van der Waals surface area contributed by atoms with Crippen LogP contribution in [0, 0.1) is 34.0 Å². The van der Waals surface area contributed by atoms with Gasteiger partial charge in [-0.25, -0.2) is 0 Å². The molecule has 0 aromatic heterocycles. The molecular formula is C19H30O3. The Labute approximate surface area is 133 Å². The second-order valence-corrected chi connectivity index (χ2v) is 9.12. The van der Waals surface area contributed by atoms with Crippen LogP contribution in [0.15, 0.2) is 0 Å². The minimum atomic E-state index is -0.298. The van der Waals surface area contributed by atoms with Crippen LogP contribution in [0.25, 0.3) is 0 Å². The number of Topliss-reactive ketones (excluding diaryl/α,β-unsaturated/α-hetero) is 1. The normalized spacial score (nSPS) is 57.4. The molecule has 4 fully saturated rings. The summed E-state index contributed by atoms with van der Waals surface area (Å²) in [7, 11) is 0. The minimum Gasteiger partial charge on any atom is -0.396 e. The third-order valence-corrected chi connectivity index (χ3v) is 8.87. The quantitative estimate of drug-likeness (QED) is 0.783. The van der Waals surface area contributed by atoms with Gasteiger partial charge in [0.25, 0.3) is 0 Å². The highest BCUT2D eigenvalue weighted by Crippen LogP contribution is 2.69. The molecular weight excluding hydrogens is 276 g/mol. The largest absolute Gasteiger partial charge is 0.396 e. The summed E-state index contributed by atoms with van der Waals surface area (Å²) in [4.78, 5) is 12.6. The number of hydrogen-bond donors (Lipinski definition) is 2. The summed E-state index contributed by atoms with van der Waals surface area (Å²) in [6, 6.07) is 0. The Kier molecular flexibility index (Phi) is 3.14. The number of hydrogen-bond acceptors (Lipinski definition) is 3. The van der Waals surface area contributed by atoms with Gasteiger partial charge in [-0.05, 0) is 68.1 Å². The van der Waals surface area contributed by atoms with E-state index in [-0.39, 0.29) is 29.0 Å². The molecule has 22 heavy (non-hydrogen) atoms. The van der Waals surface area contributed by atoms with Crippen LogP contribution < -0.4 is 0 Å². The smallest absolute Gasteiger partial charge is 0.139 e. The van der Waals surface area contributed by atoms with E-state index in [0.717, 1.165) is 44.9 Å². The van der Waals surface area contributed by atoms with E-state index in [1.807, 2.05) is 0 Å². The fourth-order valence-corrected chi connectivity index (χ4v) is 7.32. The molecule has 3 nitrogen and oxygen atoms in total. The van der Waals surface area contributed by atoms with E-state index in [0.29, 0.717) is 30.0 Å². The van der Waals surface area contributed by atoms with E-state index < -0.39 is 0 Å². The van der Waals surface area contributed by atoms with E-state index in [1.165, 1.54) is 0 Å². The predicted octanol–water partition coefficient (Wildman–Crippen LogP) is 2.93. The van der Waals surface area contributed by atoms with Gasteiger partial charge in [-0.1, -0.05) is 13.8 Å². The lowest BCUT2D eigenvalue weighted by molar-refractivity contribution is -0.163. The van der Waals surface area contributed by atoms with Crippen LogP contribution in [-0.2, 0) is 4.79 Å². The van der Waals surface area contributed by atoms with Crippen molar-refractivity contribution >= 4 is 5.78 Å². The van der Waals surface area contributed by atoms with Crippen molar-refractivity contribution in [1.29, 1.82) is 0 Å². The molecule has 0 spiro atoms. The lowest BCUT2D eigenvalue weighted by Crippen LogP contribution is -2.58. The fourth-order valence-electron chi connectivity index (χ4n) is 7.32. The van der Waals surface area contributed by atoms with E-state index in [2.05, 4.69) is 13.8 Å². The van der Waals surface area contributed by atoms with Gasteiger partial charge >= 0.3 is 0 Å². The third kappa shape index (κ3) is 1.53. The van der Waals surface area contributed by atoms with Gasteiger partial charge in [-0.2, -0.15) is 0 Å². The molecule has 7 atom stereocenters. The number of aliphatic hydroxyl groups is 2. The van der Waals surface area contributed by atoms with Crippen LogP contribution in [0.5, 0.6) is 0 Å². The lowest BCUT2D eigenvalue weighted by atomic mass is 9.44. The zero-order valence-corrected chi connectivity index (χ0v) is 14.0. The van der Waals surface area contributed by atoms with Crippen LogP contribution in [0.3, 0.4) is 0 Å². The van der Waals surface area contributed by atoms with Gasteiger partial charge in [-0.15, -0.1) is 0 Å². The Morgan fingerprint density at radius 1 is 1.05 bits per heavy atom. The van der Waals surface area contributed by atoms with Crippen LogP contribution in [0.4, 0.5) is 0 Å². The molecule has 4 aliphatic carbocycles. The predicted molar refractivity (Wildman–Crippen MR) is 84.2 cm³/mol. The van der Waals surface area contributed by atoms with Crippen LogP contribution in [-0.4, -0.2) is 28.7 Å². The van der Waals surface area contributed by atoms with Gasteiger partial charge in [0.1, 0.15) is 5.78 Å². The van der Waals surface area contributed by atoms with Crippen molar-refractivity contribution in [3.8, 4) is 0 Å². The Balaban J connectivity index is 1.73. The van der Waals surface area contributed by atoms with Crippen molar-refractivity contribution in [3.05, 3.63) is 0 Å². The summed E-state index contributed by atoms with van der Waals surface area (Å²) >= 11 is 0. The molecule has 4 aliphatic rings. The first kappa shape index (κ1) is 15.1. The summed E-state index contributed by atoms with van der Waals surface area (Å²) in [6.45, 7) is 4.58. The van der Waals surface area contributed by atoms with Crippen LogP contribution in [0.2, 0.25) is 0 Å². The van der Waals surface area contributed by atoms with Gasteiger partial charge in [0.15, 0.2) is 0 Å². The molecule has 0 amide bonds. The van der Waals surface area contributed by atoms with Crippen LogP contribution in [0.1, 0.15) is 65.2 Å². The Hall–Kier alpha value is -0.410. The summed E-state index contributed by atoms with van der Waals surface area (Å²) in [6.07, 6.45) is 7.65. The van der Waals surface area contributed by atoms with E-state index in [1.54, 1.807) is 0 Å². The summed E-state index contributed by atoms with van der Waals surface area (Å²) < 4.78 is 0. The maximum Gasteiger partial charge on any atom is 0.139 e. The van der Waals surface area contributed by atoms with E-state index >= 15 is 0 Å². The average Bonchev–Trinajstić information content (AvgIpc) is 2.95. The topological polar surface area (TPSA) is 57.5 Å². The highest BCUT2D eigenvalue weighted by Gasteiger charge is 2.67. The lowest BCUT2D eigenvalue weighted by Gasteiger charge is -2.60. The molecule has 0 heterocycles. The zero-order valence-electron chi connectivity index (χ0n) is 14.0. The number of carbonyl (C=O) groups excluding carboxylic acids is 1. The molecule has 4 saturated carbocycles. The average molecular weight is 306 g/mol. The third-order valence-electron chi connectivity index (χ3n) is 8.87. The second kappa shape index (κ2) is 4.57. The van der Waals surface area contributed by atoms with E-state index in [4.69, 9.17) is 0 Å². The summed E-state index contributed by atoms with van der Waals surface area (Å²) in [5.41, 5.74) is -0.399. The van der Waals surface area contributed by atoms with E-state index in [9.17, 15) is 15.0 Å². The highest BCUT2D eigenvalue weighted by molar-refractivity contribution is 5.88. The molecule has 0 aromatic rings. The van der Waals surface area contributed by atoms with Crippen molar-refractivity contribution in [2.24, 2.45) is 34.0 Å². The first-order valence-electron chi connectivity index (χ1n) is 9.21. The Morgan fingerprint density at radius 3 is 2.55 bits per heavy atom. The maximum atomic E-state index is 12.6. The monoisotopic (exact) mass is 306 g/mol. The minimum absolute atomic E-state index is 0.0775. The molecule has 0 radical (unpaired) electrons. The molecule has 4 rings (SSSR count). The van der Waals surface area contributed by atoms with Crippen molar-refractivity contribution < 1.29 is 15.0 Å². The van der Waals surface area contributed by atoms with Gasteiger partial charge in [0, 0.05) is 23.9 Å². The van der Waals surface area contributed by atoms with Crippen molar-refractivity contribution in [2.75, 3.05) is 6.61 Å². The molecule has 0 saturated heterocycles. The van der Waals surface area contributed by atoms with Gasteiger partial charge in [-0.3, -0.25) is 4.79 Å². The first-order valence-corrected chi connectivity index (χ1v) is 9.21. The highest BCUT2D eigenvalue weighted by atomic mass is 16.3. The zero-order chi connectivity index (χ0) is 15.8. The molecule has 0 unspecified atom stereocenters. The second-order valence-electron chi connectivity index (χ2n) is 9.12. The molecule has 3 heteroatoms. The Bertz CT molecular complexity index is 503. The van der Waals surface area contributed by atoms with Gasteiger partial charge < -0.3 is 10.2 Å². The SMILES string of the molecule is C[C@]12CC[C@H]3[C@@H](CC[C@]4(C)C(=O)CC[C@]34CO)[C@@H]1CC[C@@H]2O. The number of carbonyl (C=O) groups is 1. The van der Waals surface area contributed by atoms with Crippen molar-refractivity contribution in [3.63, 3.8) is 0 Å². The van der Waals surface area contributed by atoms with Gasteiger partial charge in [0.2, 0.25) is 0 Å². The van der Waals surface area contributed by atoms with Crippen molar-refractivity contribution in [1.82, 2.24) is 0 Å². The fraction of sp³-hybridized carbons (Fsp3) is 0.947. The summed E-state index contributed by atoms with van der Waals surface area (Å²) in [5.74, 6) is 2.05. The standard InChI is InChI=1S/C19H30O3/c1-17-8-6-14-12(13(17)3-4-15(17)21)5-9-18(2)16(22)7-10-19(14,18)11-20/h12-15,20-21H,3-11H2,1-2H3/t12-,13-,14-,15-,17-,18+,19-/m0/s1. The van der Waals surface area contributed by atoms with Crippen LogP contribution >= 0.6 is 0 Å². The molecule has 0 aliphatic heterocycles. The maximum absolute atomic E-state index is 12.6. The molecule has 0 aromatic carbocycles.